The summed E-state index contributed by atoms with van der Waals surface area (Å²) in [6.45, 7) is 0.442. The van der Waals surface area contributed by atoms with Gasteiger partial charge in [0.25, 0.3) is 0 Å². The Bertz CT molecular complexity index is 1070. The second-order valence-electron chi connectivity index (χ2n) is 7.95. The van der Waals surface area contributed by atoms with Crippen LogP contribution >= 0.6 is 0 Å². The van der Waals surface area contributed by atoms with E-state index >= 15 is 0 Å². The van der Waals surface area contributed by atoms with Crippen molar-refractivity contribution in [1.82, 2.24) is 15.2 Å². The quantitative estimate of drug-likeness (QED) is 0.296. The number of rotatable bonds is 11. The Morgan fingerprint density at radius 3 is 2.26 bits per heavy atom. The zero-order valence-electron chi connectivity index (χ0n) is 19.5. The molecule has 0 aliphatic rings. The van der Waals surface area contributed by atoms with E-state index in [0.29, 0.717) is 38.1 Å². The van der Waals surface area contributed by atoms with E-state index in [-0.39, 0.29) is 18.3 Å². The van der Waals surface area contributed by atoms with E-state index in [1.165, 1.54) is 0 Å². The molecule has 0 aliphatic heterocycles. The van der Waals surface area contributed by atoms with Crippen LogP contribution in [-0.4, -0.2) is 41.1 Å². The molecule has 176 valence electrons. The van der Waals surface area contributed by atoms with Crippen LogP contribution in [-0.2, 0) is 24.2 Å². The summed E-state index contributed by atoms with van der Waals surface area (Å²) in [6.07, 6.45) is 5.58. The molecule has 1 heterocycles. The largest absolute Gasteiger partial charge is 0.497 e. The number of nitrogens with one attached hydrogen (secondary N) is 3. The lowest BCUT2D eigenvalue weighted by atomic mass is 10.1. The van der Waals surface area contributed by atoms with Gasteiger partial charge in [-0.05, 0) is 47.7 Å². The number of benzene rings is 2. The Kier molecular flexibility index (Phi) is 9.34. The highest BCUT2D eigenvalue weighted by Crippen LogP contribution is 2.15. The van der Waals surface area contributed by atoms with Crippen molar-refractivity contribution in [2.75, 3.05) is 13.7 Å². The second kappa shape index (κ2) is 12.9. The van der Waals surface area contributed by atoms with Gasteiger partial charge in [-0.25, -0.2) is 0 Å². The number of carbonyl (C=O) groups excluding carboxylic acids is 1. The minimum atomic E-state index is -0.131. The van der Waals surface area contributed by atoms with Crippen LogP contribution in [0, 0.1) is 10.8 Å². The number of aryl methyl sites for hydroxylation is 2. The summed E-state index contributed by atoms with van der Waals surface area (Å²) in [6, 6.07) is 21.4. The fourth-order valence-corrected chi connectivity index (χ4v) is 3.48. The molecular weight excluding hydrogens is 426 g/mol. The summed E-state index contributed by atoms with van der Waals surface area (Å²) < 4.78 is 5.23. The van der Waals surface area contributed by atoms with E-state index in [1.54, 1.807) is 24.4 Å². The van der Waals surface area contributed by atoms with Crippen molar-refractivity contribution >= 4 is 17.6 Å². The van der Waals surface area contributed by atoms with Crippen LogP contribution in [0.3, 0.4) is 0 Å². The van der Waals surface area contributed by atoms with Crippen molar-refractivity contribution in [3.63, 3.8) is 0 Å². The molecule has 34 heavy (non-hydrogen) atoms. The van der Waals surface area contributed by atoms with E-state index < -0.39 is 0 Å². The van der Waals surface area contributed by atoms with Gasteiger partial charge < -0.3 is 15.0 Å². The van der Waals surface area contributed by atoms with Crippen LogP contribution in [0.1, 0.15) is 29.5 Å². The van der Waals surface area contributed by atoms with Crippen LogP contribution in [0.2, 0.25) is 0 Å². The van der Waals surface area contributed by atoms with Crippen LogP contribution in [0.4, 0.5) is 0 Å². The maximum Gasteiger partial charge on any atom is 0.220 e. The summed E-state index contributed by atoms with van der Waals surface area (Å²) in [5, 5.41) is 20.1. The molecular formula is C27H31N5O2. The summed E-state index contributed by atoms with van der Waals surface area (Å²) >= 11 is 0. The van der Waals surface area contributed by atoms with Gasteiger partial charge in [0.1, 0.15) is 17.4 Å². The third kappa shape index (κ3) is 7.85. The first-order valence-electron chi connectivity index (χ1n) is 11.3. The summed E-state index contributed by atoms with van der Waals surface area (Å²) in [5.74, 6) is 1.15. The van der Waals surface area contributed by atoms with Crippen molar-refractivity contribution in [3.8, 4) is 5.75 Å². The van der Waals surface area contributed by atoms with Crippen molar-refractivity contribution in [3.05, 3.63) is 95.8 Å². The maximum absolute atomic E-state index is 12.3. The zero-order valence-corrected chi connectivity index (χ0v) is 19.5. The number of carbonyl (C=O) groups is 1. The van der Waals surface area contributed by atoms with Gasteiger partial charge in [-0.1, -0.05) is 48.5 Å². The molecule has 3 N–H and O–H groups in total. The molecule has 0 aliphatic carbocycles. The third-order valence-electron chi connectivity index (χ3n) is 5.46. The average molecular weight is 458 g/mol. The topological polar surface area (TPSA) is 102 Å². The monoisotopic (exact) mass is 457 g/mol. The molecule has 3 aromatic rings. The second-order valence-corrected chi connectivity index (χ2v) is 7.95. The van der Waals surface area contributed by atoms with E-state index in [2.05, 4.69) is 10.3 Å². The lowest BCUT2D eigenvalue weighted by Crippen LogP contribution is -2.42. The van der Waals surface area contributed by atoms with Gasteiger partial charge >= 0.3 is 0 Å². The highest BCUT2D eigenvalue weighted by Gasteiger charge is 2.17. The van der Waals surface area contributed by atoms with E-state index in [9.17, 15) is 4.79 Å². The molecule has 1 amide bonds. The Hall–Kier alpha value is -4.00. The molecule has 0 spiro atoms. The predicted octanol–water partition coefficient (Wildman–Crippen LogP) is 4.23. The van der Waals surface area contributed by atoms with Gasteiger partial charge in [-0.3, -0.25) is 20.6 Å². The van der Waals surface area contributed by atoms with Gasteiger partial charge in [0, 0.05) is 25.2 Å². The zero-order chi connectivity index (χ0) is 24.2. The first-order valence-corrected chi connectivity index (χ1v) is 11.3. The lowest BCUT2D eigenvalue weighted by Gasteiger charge is -2.26. The number of amides is 1. The first kappa shape index (κ1) is 24.6. The highest BCUT2D eigenvalue weighted by molar-refractivity contribution is 6.00. The van der Waals surface area contributed by atoms with Crippen LogP contribution in [0.5, 0.6) is 5.75 Å². The molecule has 1 aromatic heterocycles. The predicted molar refractivity (Wildman–Crippen MR) is 134 cm³/mol. The number of methoxy groups -OCH3 is 1. The molecule has 0 saturated heterocycles. The molecule has 0 fully saturated rings. The normalized spacial score (nSPS) is 10.4. The van der Waals surface area contributed by atoms with Gasteiger partial charge in [0.2, 0.25) is 5.91 Å². The number of nitrogens with zero attached hydrogens (tertiary/aromatic N) is 2. The van der Waals surface area contributed by atoms with Gasteiger partial charge in [-0.15, -0.1) is 0 Å². The number of aromatic nitrogens is 1. The van der Waals surface area contributed by atoms with E-state index in [0.717, 1.165) is 22.4 Å². The first-order chi connectivity index (χ1) is 16.5. The number of pyridine rings is 1. The Morgan fingerprint density at radius 1 is 0.882 bits per heavy atom. The SMILES string of the molecule is COc1ccc(CN(C(=N)CCc2ccccc2)C(=N)CNC(=O)CCc2cccnc2)cc1. The number of amidine groups is 2. The third-order valence-corrected chi connectivity index (χ3v) is 5.46. The van der Waals surface area contributed by atoms with Crippen molar-refractivity contribution in [2.24, 2.45) is 0 Å². The van der Waals surface area contributed by atoms with Gasteiger partial charge in [-0.2, -0.15) is 0 Å². The Labute approximate surface area is 200 Å². The molecule has 3 rings (SSSR count). The molecule has 0 radical (unpaired) electrons. The minimum absolute atomic E-state index is 0.0652. The maximum atomic E-state index is 12.3. The molecule has 0 atom stereocenters. The fraction of sp³-hybridized carbons (Fsp3) is 0.259. The van der Waals surface area contributed by atoms with Crippen molar-refractivity contribution < 1.29 is 9.53 Å². The molecule has 2 aromatic carbocycles. The Morgan fingerprint density at radius 2 is 1.59 bits per heavy atom. The van der Waals surface area contributed by atoms with Crippen molar-refractivity contribution in [2.45, 2.75) is 32.2 Å². The minimum Gasteiger partial charge on any atom is -0.497 e. The van der Waals surface area contributed by atoms with Crippen LogP contribution in [0.15, 0.2) is 79.1 Å². The number of ether oxygens (including phenoxy) is 1. The Balaban J connectivity index is 1.60. The smallest absolute Gasteiger partial charge is 0.220 e. The highest BCUT2D eigenvalue weighted by atomic mass is 16.5. The van der Waals surface area contributed by atoms with E-state index in [4.69, 9.17) is 15.6 Å². The fourth-order valence-electron chi connectivity index (χ4n) is 3.48. The van der Waals surface area contributed by atoms with Crippen molar-refractivity contribution in [1.29, 1.82) is 10.8 Å². The van der Waals surface area contributed by atoms with Crippen LogP contribution in [0.25, 0.3) is 0 Å². The summed E-state index contributed by atoms with van der Waals surface area (Å²) in [7, 11) is 1.62. The standard InChI is InChI=1S/C27H31N5O2/c1-34-24-13-9-23(10-14-24)20-32(25(28)15-11-21-6-3-2-4-7-21)26(29)19-31-27(33)16-12-22-8-5-17-30-18-22/h2-10,13-14,17-18,28-29H,11-12,15-16,19-20H2,1H3,(H,31,33). The van der Waals surface area contributed by atoms with Gasteiger partial charge in [0.15, 0.2) is 0 Å². The number of hydrogen-bond acceptors (Lipinski definition) is 5. The molecule has 0 unspecified atom stereocenters. The molecule has 0 bridgehead atoms. The average Bonchev–Trinajstić information content (AvgIpc) is 2.89. The van der Waals surface area contributed by atoms with Gasteiger partial charge in [0.05, 0.1) is 20.2 Å². The molecule has 7 nitrogen and oxygen atoms in total. The molecule has 0 saturated carbocycles. The van der Waals surface area contributed by atoms with Crippen LogP contribution < -0.4 is 10.1 Å². The lowest BCUT2D eigenvalue weighted by molar-refractivity contribution is -0.120. The molecule has 7 heteroatoms. The summed E-state index contributed by atoms with van der Waals surface area (Å²) in [5.41, 5.74) is 3.10. The summed E-state index contributed by atoms with van der Waals surface area (Å²) in [4.78, 5) is 18.1. The van der Waals surface area contributed by atoms with E-state index in [1.807, 2.05) is 66.7 Å². The number of hydrogen-bond donors (Lipinski definition) is 3.